The minimum absolute atomic E-state index is 0.0755. The lowest BCUT2D eigenvalue weighted by atomic mass is 10.0. The van der Waals surface area contributed by atoms with Gasteiger partial charge < -0.3 is 10.2 Å². The second-order valence-electron chi connectivity index (χ2n) is 7.69. The highest BCUT2D eigenvalue weighted by Gasteiger charge is 2.27. The van der Waals surface area contributed by atoms with Gasteiger partial charge in [-0.3, -0.25) is 14.7 Å². The van der Waals surface area contributed by atoms with Crippen molar-refractivity contribution in [2.24, 2.45) is 0 Å². The third-order valence-corrected chi connectivity index (χ3v) is 5.65. The van der Waals surface area contributed by atoms with Crippen LogP contribution in [0.4, 0.5) is 0 Å². The zero-order valence-electron chi connectivity index (χ0n) is 17.1. The van der Waals surface area contributed by atoms with Crippen LogP contribution in [0.1, 0.15) is 38.4 Å². The Labute approximate surface area is 176 Å². The predicted molar refractivity (Wildman–Crippen MR) is 115 cm³/mol. The van der Waals surface area contributed by atoms with Gasteiger partial charge in [-0.25, -0.2) is 0 Å². The number of H-pyrrole nitrogens is 1. The first-order valence-electron chi connectivity index (χ1n) is 10.3. The topological polar surface area (TPSA) is 78.1 Å². The second kappa shape index (κ2) is 8.95. The van der Waals surface area contributed by atoms with Gasteiger partial charge in [0.25, 0.3) is 5.91 Å². The lowest BCUT2D eigenvalue weighted by Gasteiger charge is -2.27. The molecule has 1 aliphatic heterocycles. The molecule has 0 bridgehead atoms. The molecule has 0 spiro atoms. The molecule has 0 aliphatic carbocycles. The summed E-state index contributed by atoms with van der Waals surface area (Å²) >= 11 is 0. The van der Waals surface area contributed by atoms with Crippen molar-refractivity contribution >= 4 is 11.8 Å². The van der Waals surface area contributed by atoms with Crippen molar-refractivity contribution in [3.8, 4) is 0 Å². The third kappa shape index (κ3) is 4.43. The van der Waals surface area contributed by atoms with Gasteiger partial charge in [0.15, 0.2) is 5.69 Å². The van der Waals surface area contributed by atoms with Gasteiger partial charge in [0.05, 0.1) is 6.42 Å². The smallest absolute Gasteiger partial charge is 0.272 e. The molecule has 0 saturated heterocycles. The summed E-state index contributed by atoms with van der Waals surface area (Å²) in [6.45, 7) is 3.61. The number of rotatable bonds is 6. The summed E-state index contributed by atoms with van der Waals surface area (Å²) < 4.78 is 0. The first-order valence-corrected chi connectivity index (χ1v) is 10.3. The Morgan fingerprint density at radius 3 is 2.67 bits per heavy atom. The van der Waals surface area contributed by atoms with Crippen molar-refractivity contribution in [1.82, 2.24) is 20.4 Å². The highest BCUT2D eigenvalue weighted by Crippen LogP contribution is 2.21. The molecular weight excluding hydrogens is 376 g/mol. The van der Waals surface area contributed by atoms with Crippen molar-refractivity contribution in [2.45, 2.75) is 32.7 Å². The van der Waals surface area contributed by atoms with Crippen LogP contribution < -0.4 is 5.32 Å². The molecule has 4 rings (SSSR count). The van der Waals surface area contributed by atoms with E-state index in [9.17, 15) is 9.59 Å². The molecule has 0 atom stereocenters. The number of carbonyl (C=O) groups is 2. The van der Waals surface area contributed by atoms with Crippen LogP contribution in [-0.2, 0) is 30.6 Å². The third-order valence-electron chi connectivity index (χ3n) is 5.65. The minimum Gasteiger partial charge on any atom is -0.350 e. The summed E-state index contributed by atoms with van der Waals surface area (Å²) in [5.74, 6) is -0.122. The Hall–Kier alpha value is -3.41. The maximum absolute atomic E-state index is 12.9. The van der Waals surface area contributed by atoms with Crippen molar-refractivity contribution in [1.29, 1.82) is 0 Å². The number of fused-ring (bicyclic) bond motifs is 1. The molecule has 2 amide bonds. The molecule has 30 heavy (non-hydrogen) atoms. The van der Waals surface area contributed by atoms with Gasteiger partial charge in [-0.15, -0.1) is 0 Å². The number of nitrogens with one attached hydrogen (secondary N) is 2. The number of aromatic amines is 1. The Morgan fingerprint density at radius 1 is 1.10 bits per heavy atom. The van der Waals surface area contributed by atoms with Gasteiger partial charge in [0, 0.05) is 37.3 Å². The zero-order valence-corrected chi connectivity index (χ0v) is 17.1. The average molecular weight is 402 g/mol. The van der Waals surface area contributed by atoms with E-state index in [-0.39, 0.29) is 11.8 Å². The summed E-state index contributed by atoms with van der Waals surface area (Å²) in [6, 6.07) is 18.0. The van der Waals surface area contributed by atoms with Gasteiger partial charge in [-0.1, -0.05) is 54.6 Å². The van der Waals surface area contributed by atoms with Gasteiger partial charge in [0.2, 0.25) is 5.91 Å². The molecular formula is C24H26N4O2. The van der Waals surface area contributed by atoms with Crippen molar-refractivity contribution in [3.63, 3.8) is 0 Å². The van der Waals surface area contributed by atoms with Crippen LogP contribution in [-0.4, -0.2) is 40.0 Å². The minimum atomic E-state index is -0.198. The van der Waals surface area contributed by atoms with Crippen LogP contribution in [0.3, 0.4) is 0 Å². The van der Waals surface area contributed by atoms with Crippen molar-refractivity contribution in [3.05, 3.63) is 88.2 Å². The monoisotopic (exact) mass is 402 g/mol. The van der Waals surface area contributed by atoms with Gasteiger partial charge in [-0.05, 0) is 30.0 Å². The van der Waals surface area contributed by atoms with E-state index in [2.05, 4.69) is 15.5 Å². The van der Waals surface area contributed by atoms with E-state index in [4.69, 9.17) is 0 Å². The van der Waals surface area contributed by atoms with Crippen molar-refractivity contribution in [2.75, 3.05) is 13.1 Å². The SMILES string of the molecule is Cc1ccccc1CC(=O)N1CCc2[nH]nc(C(=O)NCCc3ccccc3)c2C1. The molecule has 3 aromatic rings. The lowest BCUT2D eigenvalue weighted by molar-refractivity contribution is -0.131. The number of benzene rings is 2. The van der Waals surface area contributed by atoms with Gasteiger partial charge in [-0.2, -0.15) is 5.10 Å². The normalized spacial score (nSPS) is 13.0. The van der Waals surface area contributed by atoms with E-state index in [1.807, 2.05) is 66.4 Å². The molecule has 1 aliphatic rings. The van der Waals surface area contributed by atoms with E-state index >= 15 is 0 Å². The molecule has 6 nitrogen and oxygen atoms in total. The molecule has 2 aromatic carbocycles. The van der Waals surface area contributed by atoms with Crippen LogP contribution >= 0.6 is 0 Å². The molecule has 6 heteroatoms. The summed E-state index contributed by atoms with van der Waals surface area (Å²) in [7, 11) is 0. The van der Waals surface area contributed by atoms with E-state index in [1.54, 1.807) is 0 Å². The summed E-state index contributed by atoms with van der Waals surface area (Å²) in [5, 5.41) is 10.2. The quantitative estimate of drug-likeness (QED) is 0.666. The fourth-order valence-electron chi connectivity index (χ4n) is 3.83. The fraction of sp³-hybridized carbons (Fsp3) is 0.292. The van der Waals surface area contributed by atoms with Crippen LogP contribution in [0.5, 0.6) is 0 Å². The van der Waals surface area contributed by atoms with Gasteiger partial charge in [0.1, 0.15) is 0 Å². The number of aryl methyl sites for hydroxylation is 1. The van der Waals surface area contributed by atoms with E-state index < -0.39 is 0 Å². The van der Waals surface area contributed by atoms with Crippen LogP contribution in [0.15, 0.2) is 54.6 Å². The Bertz CT molecular complexity index is 1040. The Morgan fingerprint density at radius 2 is 1.87 bits per heavy atom. The average Bonchev–Trinajstić information content (AvgIpc) is 3.19. The van der Waals surface area contributed by atoms with E-state index in [1.165, 1.54) is 5.56 Å². The summed E-state index contributed by atoms with van der Waals surface area (Å²) in [6.07, 6.45) is 1.82. The molecule has 154 valence electrons. The molecule has 0 unspecified atom stereocenters. The second-order valence-corrected chi connectivity index (χ2v) is 7.69. The molecule has 0 fully saturated rings. The predicted octanol–water partition coefficient (Wildman–Crippen LogP) is 2.82. The van der Waals surface area contributed by atoms with Crippen LogP contribution in [0.25, 0.3) is 0 Å². The van der Waals surface area contributed by atoms with E-state index in [0.29, 0.717) is 38.2 Å². The maximum atomic E-state index is 12.9. The highest BCUT2D eigenvalue weighted by molar-refractivity contribution is 5.94. The Balaban J connectivity index is 1.38. The zero-order chi connectivity index (χ0) is 20.9. The Kier molecular flexibility index (Phi) is 5.93. The number of amides is 2. The molecule has 2 heterocycles. The fourth-order valence-corrected chi connectivity index (χ4v) is 3.83. The number of nitrogens with zero attached hydrogens (tertiary/aromatic N) is 2. The summed E-state index contributed by atoms with van der Waals surface area (Å²) in [5.41, 5.74) is 5.51. The molecule has 1 aromatic heterocycles. The first kappa shape index (κ1) is 19.9. The van der Waals surface area contributed by atoms with Crippen LogP contribution in [0, 0.1) is 6.92 Å². The lowest BCUT2D eigenvalue weighted by Crippen LogP contribution is -2.38. The van der Waals surface area contributed by atoms with Crippen molar-refractivity contribution < 1.29 is 9.59 Å². The molecule has 0 saturated carbocycles. The number of hydrogen-bond donors (Lipinski definition) is 2. The summed E-state index contributed by atoms with van der Waals surface area (Å²) in [4.78, 5) is 27.4. The largest absolute Gasteiger partial charge is 0.350 e. The molecule has 2 N–H and O–H groups in total. The van der Waals surface area contributed by atoms with Crippen LogP contribution in [0.2, 0.25) is 0 Å². The number of hydrogen-bond acceptors (Lipinski definition) is 3. The maximum Gasteiger partial charge on any atom is 0.272 e. The molecule has 0 radical (unpaired) electrons. The number of aromatic nitrogens is 2. The standard InChI is InChI=1S/C24H26N4O2/c1-17-7-5-6-10-19(17)15-22(29)28-14-12-21-20(16-28)23(27-26-21)24(30)25-13-11-18-8-3-2-4-9-18/h2-10H,11-16H2,1H3,(H,25,30)(H,26,27). The highest BCUT2D eigenvalue weighted by atomic mass is 16.2. The van der Waals surface area contributed by atoms with E-state index in [0.717, 1.165) is 28.8 Å². The first-order chi connectivity index (χ1) is 14.6. The van der Waals surface area contributed by atoms with Gasteiger partial charge >= 0.3 is 0 Å². The number of carbonyl (C=O) groups excluding carboxylic acids is 2.